The fourth-order valence-corrected chi connectivity index (χ4v) is 3.58. The Morgan fingerprint density at radius 3 is 2.10 bits per heavy atom. The monoisotopic (exact) mass is 320 g/mol. The number of nitrogens with one attached hydrogen (secondary N) is 2. The molecule has 8 heteroatoms. The van der Waals surface area contributed by atoms with Gasteiger partial charge in [-0.25, -0.2) is 21.6 Å². The van der Waals surface area contributed by atoms with Gasteiger partial charge < -0.3 is 0 Å². The standard InChI is InChI=1S/C12H20N2O4S2/c1-4-5-10(2)13-20(17,18)12-8-6-11(7-9-12)14-19(3,15)16/h6-10,13-14H,4-5H2,1-3H3/t10-/m1/s1. The summed E-state index contributed by atoms with van der Waals surface area (Å²) in [5.41, 5.74) is 0.327. The minimum Gasteiger partial charge on any atom is -0.284 e. The average Bonchev–Trinajstić information content (AvgIpc) is 2.26. The molecule has 1 aromatic rings. The Hall–Kier alpha value is -1.12. The van der Waals surface area contributed by atoms with Crippen molar-refractivity contribution in [3.05, 3.63) is 24.3 Å². The van der Waals surface area contributed by atoms with Gasteiger partial charge in [0.25, 0.3) is 0 Å². The van der Waals surface area contributed by atoms with Crippen molar-refractivity contribution in [3.63, 3.8) is 0 Å². The summed E-state index contributed by atoms with van der Waals surface area (Å²) in [5, 5.41) is 0. The van der Waals surface area contributed by atoms with Crippen LogP contribution in [0.3, 0.4) is 0 Å². The van der Waals surface area contributed by atoms with Crippen LogP contribution in [0.2, 0.25) is 0 Å². The predicted molar refractivity (Wildman–Crippen MR) is 79.6 cm³/mol. The van der Waals surface area contributed by atoms with Crippen LogP contribution in [0.25, 0.3) is 0 Å². The van der Waals surface area contributed by atoms with Crippen LogP contribution in [0.15, 0.2) is 29.2 Å². The summed E-state index contributed by atoms with van der Waals surface area (Å²) in [6.07, 6.45) is 2.68. The molecule has 0 unspecified atom stereocenters. The van der Waals surface area contributed by atoms with Crippen molar-refractivity contribution < 1.29 is 16.8 Å². The molecule has 1 rings (SSSR count). The third-order valence-corrected chi connectivity index (χ3v) is 4.76. The van der Waals surface area contributed by atoms with Crippen LogP contribution in [0.4, 0.5) is 5.69 Å². The summed E-state index contributed by atoms with van der Waals surface area (Å²) in [7, 11) is -6.94. The Kier molecular flexibility index (Phi) is 5.55. The van der Waals surface area contributed by atoms with Gasteiger partial charge in [0.2, 0.25) is 20.0 Å². The Bertz CT molecular complexity index is 637. The van der Waals surface area contributed by atoms with E-state index >= 15 is 0 Å². The maximum absolute atomic E-state index is 12.1. The van der Waals surface area contributed by atoms with Crippen LogP contribution in [-0.2, 0) is 20.0 Å². The second-order valence-electron chi connectivity index (χ2n) is 4.71. The molecule has 0 spiro atoms. The first-order valence-electron chi connectivity index (χ1n) is 6.24. The van der Waals surface area contributed by atoms with Gasteiger partial charge in [0, 0.05) is 11.7 Å². The highest BCUT2D eigenvalue weighted by atomic mass is 32.2. The molecule has 6 nitrogen and oxygen atoms in total. The third kappa shape index (κ3) is 5.48. The van der Waals surface area contributed by atoms with E-state index in [0.29, 0.717) is 5.69 Å². The fourth-order valence-electron chi connectivity index (χ4n) is 1.74. The van der Waals surface area contributed by atoms with Gasteiger partial charge in [-0.3, -0.25) is 4.72 Å². The minimum absolute atomic E-state index is 0.111. The quantitative estimate of drug-likeness (QED) is 0.797. The van der Waals surface area contributed by atoms with Crippen LogP contribution in [0, 0.1) is 0 Å². The molecule has 20 heavy (non-hydrogen) atoms. The summed E-state index contributed by atoms with van der Waals surface area (Å²) in [4.78, 5) is 0.111. The average molecular weight is 320 g/mol. The lowest BCUT2D eigenvalue weighted by Gasteiger charge is -2.13. The molecular formula is C12H20N2O4S2. The zero-order valence-corrected chi connectivity index (χ0v) is 13.4. The molecule has 0 aromatic heterocycles. The first-order chi connectivity index (χ1) is 9.14. The number of benzene rings is 1. The van der Waals surface area contributed by atoms with Crippen molar-refractivity contribution in [3.8, 4) is 0 Å². The zero-order chi connectivity index (χ0) is 15.4. The van der Waals surface area contributed by atoms with E-state index in [0.717, 1.165) is 19.1 Å². The summed E-state index contributed by atoms with van der Waals surface area (Å²) in [5.74, 6) is 0. The normalized spacial score (nSPS) is 13.9. The molecule has 0 bridgehead atoms. The fraction of sp³-hybridized carbons (Fsp3) is 0.500. The molecule has 114 valence electrons. The lowest BCUT2D eigenvalue weighted by molar-refractivity contribution is 0.544. The first kappa shape index (κ1) is 16.9. The Morgan fingerprint density at radius 1 is 1.10 bits per heavy atom. The van der Waals surface area contributed by atoms with Crippen molar-refractivity contribution in [1.29, 1.82) is 0 Å². The number of sulfonamides is 2. The molecule has 0 radical (unpaired) electrons. The van der Waals surface area contributed by atoms with Crippen LogP contribution in [0.1, 0.15) is 26.7 Å². The smallest absolute Gasteiger partial charge is 0.240 e. The van der Waals surface area contributed by atoms with Crippen LogP contribution >= 0.6 is 0 Å². The molecular weight excluding hydrogens is 300 g/mol. The third-order valence-electron chi connectivity index (χ3n) is 2.55. The van der Waals surface area contributed by atoms with Crippen LogP contribution in [0.5, 0.6) is 0 Å². The van der Waals surface area contributed by atoms with Crippen molar-refractivity contribution >= 4 is 25.7 Å². The maximum Gasteiger partial charge on any atom is 0.240 e. The summed E-state index contributed by atoms with van der Waals surface area (Å²) < 4.78 is 51.1. The molecule has 0 aliphatic rings. The molecule has 1 aromatic carbocycles. The Labute approximate surface area is 120 Å². The molecule has 0 heterocycles. The predicted octanol–water partition coefficient (Wildman–Crippen LogP) is 1.52. The number of anilines is 1. The van der Waals surface area contributed by atoms with Gasteiger partial charge in [0.15, 0.2) is 0 Å². The molecule has 0 saturated heterocycles. The molecule has 0 aliphatic heterocycles. The van der Waals surface area contributed by atoms with Gasteiger partial charge in [-0.05, 0) is 37.6 Å². The van der Waals surface area contributed by atoms with E-state index in [1.165, 1.54) is 24.3 Å². The second kappa shape index (κ2) is 6.55. The van der Waals surface area contributed by atoms with E-state index in [1.807, 2.05) is 6.92 Å². The Balaban J connectivity index is 2.87. The first-order valence-corrected chi connectivity index (χ1v) is 9.61. The summed E-state index contributed by atoms with van der Waals surface area (Å²) in [6, 6.07) is 5.43. The topological polar surface area (TPSA) is 92.3 Å². The molecule has 0 saturated carbocycles. The molecule has 0 fully saturated rings. The Morgan fingerprint density at radius 2 is 1.65 bits per heavy atom. The number of hydrogen-bond acceptors (Lipinski definition) is 4. The largest absolute Gasteiger partial charge is 0.284 e. The zero-order valence-electron chi connectivity index (χ0n) is 11.8. The van der Waals surface area contributed by atoms with Gasteiger partial charge in [-0.1, -0.05) is 13.3 Å². The van der Waals surface area contributed by atoms with Crippen molar-refractivity contribution in [2.45, 2.75) is 37.6 Å². The lowest BCUT2D eigenvalue weighted by atomic mass is 10.2. The van der Waals surface area contributed by atoms with Crippen LogP contribution in [-0.4, -0.2) is 29.1 Å². The highest BCUT2D eigenvalue weighted by molar-refractivity contribution is 7.92. The van der Waals surface area contributed by atoms with E-state index in [4.69, 9.17) is 0 Å². The van der Waals surface area contributed by atoms with Gasteiger partial charge in [-0.15, -0.1) is 0 Å². The van der Waals surface area contributed by atoms with E-state index in [9.17, 15) is 16.8 Å². The molecule has 0 amide bonds. The van der Waals surface area contributed by atoms with E-state index < -0.39 is 20.0 Å². The lowest BCUT2D eigenvalue weighted by Crippen LogP contribution is -2.32. The van der Waals surface area contributed by atoms with Crippen LogP contribution < -0.4 is 9.44 Å². The summed E-state index contributed by atoms with van der Waals surface area (Å²) in [6.45, 7) is 3.79. The van der Waals surface area contributed by atoms with Crippen molar-refractivity contribution in [2.24, 2.45) is 0 Å². The molecule has 0 aliphatic carbocycles. The maximum atomic E-state index is 12.1. The van der Waals surface area contributed by atoms with E-state index in [-0.39, 0.29) is 10.9 Å². The second-order valence-corrected chi connectivity index (χ2v) is 8.17. The summed E-state index contributed by atoms with van der Waals surface area (Å²) >= 11 is 0. The van der Waals surface area contributed by atoms with E-state index in [2.05, 4.69) is 9.44 Å². The molecule has 1 atom stereocenters. The SMILES string of the molecule is CCC[C@@H](C)NS(=O)(=O)c1ccc(NS(C)(=O)=O)cc1. The minimum atomic E-state index is -3.57. The van der Waals surface area contributed by atoms with Gasteiger partial charge in [0.05, 0.1) is 11.2 Å². The van der Waals surface area contributed by atoms with Gasteiger partial charge in [-0.2, -0.15) is 0 Å². The van der Waals surface area contributed by atoms with Gasteiger partial charge >= 0.3 is 0 Å². The number of hydrogen-bond donors (Lipinski definition) is 2. The number of rotatable bonds is 7. The highest BCUT2D eigenvalue weighted by Gasteiger charge is 2.16. The van der Waals surface area contributed by atoms with Crippen molar-refractivity contribution in [2.75, 3.05) is 11.0 Å². The molecule has 2 N–H and O–H groups in total. The van der Waals surface area contributed by atoms with Gasteiger partial charge in [0.1, 0.15) is 0 Å². The van der Waals surface area contributed by atoms with Crippen molar-refractivity contribution in [1.82, 2.24) is 4.72 Å². The van der Waals surface area contributed by atoms with E-state index in [1.54, 1.807) is 6.92 Å². The highest BCUT2D eigenvalue weighted by Crippen LogP contribution is 2.15.